The van der Waals surface area contributed by atoms with E-state index >= 15 is 0 Å². The predicted octanol–water partition coefficient (Wildman–Crippen LogP) is 4.87. The SMILES string of the molecule is Cc1ccc(S(=O)(=O)NC(Cc2ccccc2)C(=O)Nc2cccc(C3OC(CN4CCC(O)C4)C(C)C(c4ccc(CO)cc4)O3)c2)cc1. The molecule has 4 aromatic rings. The van der Waals surface area contributed by atoms with Crippen LogP contribution in [-0.2, 0) is 37.3 Å². The summed E-state index contributed by atoms with van der Waals surface area (Å²) in [5, 5.41) is 22.7. The molecule has 2 heterocycles. The molecule has 0 radical (unpaired) electrons. The first-order valence-corrected chi connectivity index (χ1v) is 18.5. The van der Waals surface area contributed by atoms with Crippen LogP contribution in [0.25, 0.3) is 0 Å². The highest BCUT2D eigenvalue weighted by molar-refractivity contribution is 7.89. The van der Waals surface area contributed by atoms with Gasteiger partial charge in [-0.15, -0.1) is 0 Å². The van der Waals surface area contributed by atoms with Gasteiger partial charge < -0.3 is 25.0 Å². The molecule has 0 saturated carbocycles. The van der Waals surface area contributed by atoms with Crippen molar-refractivity contribution in [3.05, 3.63) is 131 Å². The number of β-amino-alcohol motifs (C(OH)–C–C–N with tert-alkyl or cyclic N) is 1. The highest BCUT2D eigenvalue weighted by Crippen LogP contribution is 2.42. The van der Waals surface area contributed by atoms with E-state index in [2.05, 4.69) is 21.9 Å². The zero-order valence-electron chi connectivity index (χ0n) is 28.3. The van der Waals surface area contributed by atoms with Crippen LogP contribution in [0.4, 0.5) is 5.69 Å². The maximum atomic E-state index is 13.8. The van der Waals surface area contributed by atoms with Gasteiger partial charge in [0.2, 0.25) is 15.9 Å². The van der Waals surface area contributed by atoms with Crippen molar-refractivity contribution in [3.63, 3.8) is 0 Å². The van der Waals surface area contributed by atoms with E-state index in [9.17, 15) is 23.4 Å². The van der Waals surface area contributed by atoms with E-state index in [1.165, 1.54) is 12.1 Å². The summed E-state index contributed by atoms with van der Waals surface area (Å²) >= 11 is 0. The van der Waals surface area contributed by atoms with Gasteiger partial charge in [-0.25, -0.2) is 8.42 Å². The fourth-order valence-corrected chi connectivity index (χ4v) is 7.76. The Morgan fingerprint density at radius 1 is 0.920 bits per heavy atom. The highest BCUT2D eigenvalue weighted by Gasteiger charge is 2.40. The van der Waals surface area contributed by atoms with Gasteiger partial charge >= 0.3 is 0 Å². The van der Waals surface area contributed by atoms with Gasteiger partial charge in [-0.3, -0.25) is 9.69 Å². The molecular weight excluding hydrogens is 655 g/mol. The molecule has 1 amide bonds. The van der Waals surface area contributed by atoms with E-state index < -0.39 is 28.3 Å². The Labute approximate surface area is 294 Å². The minimum absolute atomic E-state index is 0.0212. The zero-order valence-corrected chi connectivity index (χ0v) is 29.1. The van der Waals surface area contributed by atoms with E-state index in [1.54, 1.807) is 30.3 Å². The number of amides is 1. The highest BCUT2D eigenvalue weighted by atomic mass is 32.2. The second-order valence-corrected chi connectivity index (χ2v) is 15.0. The Bertz CT molecular complexity index is 1840. The molecule has 6 rings (SSSR count). The number of rotatable bonds is 12. The van der Waals surface area contributed by atoms with E-state index in [0.29, 0.717) is 24.3 Å². The summed E-state index contributed by atoms with van der Waals surface area (Å²) in [7, 11) is -4.01. The molecule has 6 atom stereocenters. The third kappa shape index (κ3) is 8.85. The molecule has 6 unspecified atom stereocenters. The van der Waals surface area contributed by atoms with Crippen LogP contribution in [0, 0.1) is 12.8 Å². The molecule has 0 aromatic heterocycles. The van der Waals surface area contributed by atoms with Crippen molar-refractivity contribution in [2.45, 2.75) is 68.8 Å². The fourth-order valence-electron chi connectivity index (χ4n) is 6.56. The summed E-state index contributed by atoms with van der Waals surface area (Å²) in [5.41, 5.74) is 4.66. The van der Waals surface area contributed by atoms with Crippen LogP contribution in [0.1, 0.15) is 53.6 Å². The second kappa shape index (κ2) is 15.9. The molecule has 0 bridgehead atoms. The fraction of sp³-hybridized carbons (Fsp3) is 0.359. The van der Waals surface area contributed by atoms with Crippen LogP contribution in [0.3, 0.4) is 0 Å². The van der Waals surface area contributed by atoms with Crippen LogP contribution in [0.15, 0.2) is 108 Å². The van der Waals surface area contributed by atoms with Gasteiger partial charge in [-0.2, -0.15) is 4.72 Å². The minimum Gasteiger partial charge on any atom is -0.392 e. The molecule has 50 heavy (non-hydrogen) atoms. The molecule has 11 heteroatoms. The van der Waals surface area contributed by atoms with Gasteiger partial charge in [-0.05, 0) is 60.7 Å². The predicted molar refractivity (Wildman–Crippen MR) is 191 cm³/mol. The molecule has 10 nitrogen and oxygen atoms in total. The van der Waals surface area contributed by atoms with Crippen LogP contribution < -0.4 is 10.0 Å². The topological polar surface area (TPSA) is 137 Å². The first-order valence-electron chi connectivity index (χ1n) is 17.0. The molecule has 0 spiro atoms. The number of aliphatic hydroxyl groups is 2. The van der Waals surface area contributed by atoms with Gasteiger partial charge in [-0.1, -0.05) is 91.3 Å². The Kier molecular flexibility index (Phi) is 11.4. The monoisotopic (exact) mass is 699 g/mol. The maximum Gasteiger partial charge on any atom is 0.242 e. The summed E-state index contributed by atoms with van der Waals surface area (Å²) in [4.78, 5) is 16.1. The number of carbonyl (C=O) groups is 1. The lowest BCUT2D eigenvalue weighted by Crippen LogP contribution is -2.45. The Morgan fingerprint density at radius 2 is 1.66 bits per heavy atom. The summed E-state index contributed by atoms with van der Waals surface area (Å²) in [6, 6.07) is 29.6. The zero-order chi connectivity index (χ0) is 35.3. The number of likely N-dealkylation sites (tertiary alicyclic amines) is 1. The van der Waals surface area contributed by atoms with Gasteiger partial charge in [0.25, 0.3) is 0 Å². The van der Waals surface area contributed by atoms with Crippen LogP contribution in [-0.4, -0.2) is 67.3 Å². The normalized spacial score (nSPS) is 23.4. The van der Waals surface area contributed by atoms with Crippen molar-refractivity contribution in [2.75, 3.05) is 25.0 Å². The van der Waals surface area contributed by atoms with Crippen LogP contribution >= 0.6 is 0 Å². The molecule has 0 aliphatic carbocycles. The average Bonchev–Trinajstić information content (AvgIpc) is 3.53. The first-order chi connectivity index (χ1) is 24.1. The smallest absolute Gasteiger partial charge is 0.242 e. The van der Waals surface area contributed by atoms with Crippen LogP contribution in [0.2, 0.25) is 0 Å². The molecule has 2 saturated heterocycles. The lowest BCUT2D eigenvalue weighted by molar-refractivity contribution is -0.276. The summed E-state index contributed by atoms with van der Waals surface area (Å²) in [6.45, 7) is 5.93. The van der Waals surface area contributed by atoms with Crippen LogP contribution in [0.5, 0.6) is 0 Å². The van der Waals surface area contributed by atoms with E-state index in [-0.39, 0.29) is 42.2 Å². The lowest BCUT2D eigenvalue weighted by Gasteiger charge is -2.42. The van der Waals surface area contributed by atoms with Crippen molar-refractivity contribution in [2.24, 2.45) is 5.92 Å². The van der Waals surface area contributed by atoms with Gasteiger partial charge in [0.05, 0.1) is 29.8 Å². The summed E-state index contributed by atoms with van der Waals surface area (Å²) < 4.78 is 42.6. The number of aliphatic hydroxyl groups excluding tert-OH is 2. The third-order valence-corrected chi connectivity index (χ3v) is 11.0. The quantitative estimate of drug-likeness (QED) is 0.164. The number of benzene rings is 4. The molecular formula is C39H45N3O7S. The number of hydrogen-bond donors (Lipinski definition) is 4. The Morgan fingerprint density at radius 3 is 2.34 bits per heavy atom. The van der Waals surface area contributed by atoms with Crippen molar-refractivity contribution < 1.29 is 32.9 Å². The Hall–Kier alpha value is -3.94. The average molecular weight is 700 g/mol. The summed E-state index contributed by atoms with van der Waals surface area (Å²) in [5.74, 6) is -0.528. The molecule has 2 aliphatic rings. The van der Waals surface area contributed by atoms with Crippen molar-refractivity contribution in [1.82, 2.24) is 9.62 Å². The standard InChI is InChI=1S/C39H45N3O7S/c1-26-11-17-34(18-12-26)50(46,47)41-35(21-28-7-4-3-5-8-28)38(45)40-32-10-6-9-31(22-32)39-48-36(24-42-20-19-33(44)23-42)27(2)37(49-39)30-15-13-29(25-43)14-16-30/h3-18,22,27,33,35-37,39,41,43-44H,19-21,23-25H2,1-2H3,(H,40,45). The second-order valence-electron chi connectivity index (χ2n) is 13.3. The van der Waals surface area contributed by atoms with E-state index in [0.717, 1.165) is 35.2 Å². The molecule has 4 aromatic carbocycles. The van der Waals surface area contributed by atoms with Gasteiger partial charge in [0.1, 0.15) is 6.04 Å². The number of anilines is 1. The molecule has 2 aliphatic heterocycles. The summed E-state index contributed by atoms with van der Waals surface area (Å²) in [6.07, 6.45) is -0.775. The number of carbonyl (C=O) groups excluding carboxylic acids is 1. The number of ether oxygens (including phenoxy) is 2. The Balaban J connectivity index is 1.23. The van der Waals surface area contributed by atoms with Crippen molar-refractivity contribution >= 4 is 21.6 Å². The number of nitrogens with one attached hydrogen (secondary N) is 2. The van der Waals surface area contributed by atoms with E-state index in [4.69, 9.17) is 9.47 Å². The molecule has 264 valence electrons. The number of hydrogen-bond acceptors (Lipinski definition) is 8. The van der Waals surface area contributed by atoms with Crippen molar-refractivity contribution in [1.29, 1.82) is 0 Å². The third-order valence-electron chi connectivity index (χ3n) is 9.46. The van der Waals surface area contributed by atoms with Gasteiger partial charge in [0.15, 0.2) is 6.29 Å². The lowest BCUT2D eigenvalue weighted by atomic mass is 9.90. The minimum atomic E-state index is -4.01. The van der Waals surface area contributed by atoms with Crippen molar-refractivity contribution in [3.8, 4) is 0 Å². The maximum absolute atomic E-state index is 13.8. The molecule has 4 N–H and O–H groups in total. The number of aryl methyl sites for hydroxylation is 1. The molecule has 2 fully saturated rings. The first kappa shape index (κ1) is 35.9. The van der Waals surface area contributed by atoms with E-state index in [1.807, 2.05) is 67.6 Å². The number of nitrogens with zero attached hydrogens (tertiary/aromatic N) is 1. The number of sulfonamides is 1. The van der Waals surface area contributed by atoms with Gasteiger partial charge in [0, 0.05) is 36.8 Å². The largest absolute Gasteiger partial charge is 0.392 e.